The molecule has 13 atom stereocenters. The molecule has 6 aliphatic rings. The van der Waals surface area contributed by atoms with Gasteiger partial charge in [-0.1, -0.05) is 60.1 Å². The lowest BCUT2D eigenvalue weighted by Gasteiger charge is -2.71. The molecule has 11 nitrogen and oxygen atoms in total. The van der Waals surface area contributed by atoms with Gasteiger partial charge in [0.25, 0.3) is 0 Å². The summed E-state index contributed by atoms with van der Waals surface area (Å²) in [6.07, 6.45) is 2.90. The van der Waals surface area contributed by atoms with Gasteiger partial charge in [0.05, 0.1) is 6.10 Å². The van der Waals surface area contributed by atoms with E-state index in [1.165, 1.54) is 12.5 Å². The molecule has 5 fully saturated rings. The summed E-state index contributed by atoms with van der Waals surface area (Å²) in [5.74, 6) is -2.51. The number of allylic oxidation sites excluding steroid dienone is 2. The van der Waals surface area contributed by atoms with Gasteiger partial charge < -0.3 is 29.2 Å². The minimum atomic E-state index is -1.78. The van der Waals surface area contributed by atoms with E-state index in [9.17, 15) is 34.2 Å². The molecule has 0 amide bonds. The number of rotatable bonds is 7. The van der Waals surface area contributed by atoms with Gasteiger partial charge in [0, 0.05) is 32.6 Å². The number of aliphatic carboxylic acids is 1. The Bertz CT molecular complexity index is 1600. The largest absolute Gasteiger partial charge is 0.479 e. The van der Waals surface area contributed by atoms with Gasteiger partial charge in [-0.15, -0.1) is 0 Å². The first-order valence-electron chi connectivity index (χ1n) is 20.2. The van der Waals surface area contributed by atoms with Gasteiger partial charge in [-0.3, -0.25) is 19.2 Å². The molecule has 11 heteroatoms. The van der Waals surface area contributed by atoms with Gasteiger partial charge in [0.1, 0.15) is 11.9 Å². The fraction of sp³-hybridized carbons (Fsp3) is 0.837. The molecule has 54 heavy (non-hydrogen) atoms. The maximum Gasteiger partial charge on any atom is 0.336 e. The maximum atomic E-state index is 13.2. The fourth-order valence-electron chi connectivity index (χ4n) is 13.4. The van der Waals surface area contributed by atoms with E-state index in [-0.39, 0.29) is 44.8 Å². The summed E-state index contributed by atoms with van der Waals surface area (Å²) in [5, 5.41) is 22.6. The number of hydrogen-bond acceptors (Lipinski definition) is 10. The van der Waals surface area contributed by atoms with Crippen LogP contribution in [-0.2, 0) is 42.9 Å². The van der Waals surface area contributed by atoms with Gasteiger partial charge in [0.15, 0.2) is 24.4 Å². The van der Waals surface area contributed by atoms with Crippen LogP contribution in [0.4, 0.5) is 0 Å². The maximum absolute atomic E-state index is 13.2. The van der Waals surface area contributed by atoms with Crippen LogP contribution in [0.15, 0.2) is 11.6 Å². The summed E-state index contributed by atoms with van der Waals surface area (Å²) in [7, 11) is 0. The average Bonchev–Trinajstić information content (AvgIpc) is 3.04. The summed E-state index contributed by atoms with van der Waals surface area (Å²) in [6.45, 7) is 19.8. The molecule has 2 N–H and O–H groups in total. The number of ether oxygens (including phenoxy) is 4. The standard InChI is InChI=1S/C43H64O11/c1-23(44)51-33-32(54-36(37(49)50)35(53-25(3)46)34(33)52-24(2)45)28(47)22-43-19-17-38(4,5)21-27(43)26-11-12-30-40(8)15-14-31(48)39(6,7)29(40)13-16-42(30,10)41(26,9)18-20-43/h11,27-30,32-36,47H,12-22H2,1-10H3,(H,49,50)/t27?,28-,29?,30?,32+,33?,34?,35+,36?,40+,41-,42-,43-/m1/s1. The van der Waals surface area contributed by atoms with Crippen molar-refractivity contribution >= 4 is 29.7 Å². The number of carbonyl (C=O) groups excluding carboxylic acids is 4. The second-order valence-corrected chi connectivity index (χ2v) is 20.1. The number of aliphatic hydroxyl groups is 1. The topological polar surface area (TPSA) is 163 Å². The lowest BCUT2D eigenvalue weighted by Crippen LogP contribution is -2.66. The third-order valence-electron chi connectivity index (χ3n) is 16.3. The van der Waals surface area contributed by atoms with Crippen LogP contribution >= 0.6 is 0 Å². The predicted octanol–water partition coefficient (Wildman–Crippen LogP) is 6.76. The molecule has 0 aromatic carbocycles. The van der Waals surface area contributed by atoms with Crippen molar-refractivity contribution in [3.63, 3.8) is 0 Å². The molecule has 5 aliphatic carbocycles. The number of carboxylic acids is 1. The van der Waals surface area contributed by atoms with Crippen LogP contribution in [0.3, 0.4) is 0 Å². The molecule has 302 valence electrons. The molecule has 0 aromatic heterocycles. The molecule has 1 heterocycles. The van der Waals surface area contributed by atoms with Crippen molar-refractivity contribution in [3.05, 3.63) is 11.6 Å². The number of aliphatic hydroxyl groups excluding tert-OH is 1. The first-order chi connectivity index (χ1) is 24.9. The Morgan fingerprint density at radius 2 is 1.41 bits per heavy atom. The Balaban J connectivity index is 1.37. The van der Waals surface area contributed by atoms with Crippen molar-refractivity contribution in [1.29, 1.82) is 0 Å². The number of Topliss-reactive ketones (excluding diaryl/α,β-unsaturated/α-hetero) is 1. The molecule has 6 unspecified atom stereocenters. The quantitative estimate of drug-likeness (QED) is 0.160. The van der Waals surface area contributed by atoms with Crippen LogP contribution in [0.2, 0.25) is 0 Å². The predicted molar refractivity (Wildman–Crippen MR) is 198 cm³/mol. The van der Waals surface area contributed by atoms with Crippen molar-refractivity contribution < 1.29 is 53.1 Å². The zero-order valence-electron chi connectivity index (χ0n) is 34.1. The molecule has 1 saturated heterocycles. The van der Waals surface area contributed by atoms with E-state index in [0.717, 1.165) is 71.6 Å². The smallest absolute Gasteiger partial charge is 0.336 e. The summed E-state index contributed by atoms with van der Waals surface area (Å²) >= 11 is 0. The number of carboxylic acid groups (broad SMARTS) is 1. The van der Waals surface area contributed by atoms with Crippen LogP contribution in [0.25, 0.3) is 0 Å². The van der Waals surface area contributed by atoms with E-state index in [0.29, 0.717) is 24.0 Å². The van der Waals surface area contributed by atoms with E-state index in [1.54, 1.807) is 0 Å². The Labute approximate surface area is 320 Å². The molecule has 0 aromatic rings. The third-order valence-corrected chi connectivity index (χ3v) is 16.3. The van der Waals surface area contributed by atoms with Crippen LogP contribution in [0.1, 0.15) is 140 Å². The van der Waals surface area contributed by atoms with Gasteiger partial charge in [-0.25, -0.2) is 4.79 Å². The number of fused-ring (bicyclic) bond motifs is 7. The van der Waals surface area contributed by atoms with Gasteiger partial charge in [-0.05, 0) is 109 Å². The van der Waals surface area contributed by atoms with Crippen molar-refractivity contribution in [3.8, 4) is 0 Å². The summed E-state index contributed by atoms with van der Waals surface area (Å²) in [5.41, 5.74) is 0.835. The summed E-state index contributed by atoms with van der Waals surface area (Å²) in [4.78, 5) is 62.8. The molecular formula is C43H64O11. The van der Waals surface area contributed by atoms with Crippen molar-refractivity contribution in [2.24, 2.45) is 50.2 Å². The number of carbonyl (C=O) groups is 5. The molecule has 4 saturated carbocycles. The second kappa shape index (κ2) is 13.7. The van der Waals surface area contributed by atoms with Crippen LogP contribution in [-0.4, -0.2) is 76.5 Å². The zero-order chi connectivity index (χ0) is 40.0. The first-order valence-corrected chi connectivity index (χ1v) is 20.2. The van der Waals surface area contributed by atoms with Gasteiger partial charge >= 0.3 is 23.9 Å². The van der Waals surface area contributed by atoms with E-state index < -0.39 is 60.5 Å². The van der Waals surface area contributed by atoms with E-state index in [2.05, 4.69) is 54.5 Å². The highest BCUT2D eigenvalue weighted by Crippen LogP contribution is 2.76. The normalized spacial score (nSPS) is 44.1. The number of ketones is 1. The van der Waals surface area contributed by atoms with Crippen molar-refractivity contribution in [2.75, 3.05) is 0 Å². The van der Waals surface area contributed by atoms with E-state index in [1.807, 2.05) is 0 Å². The lowest BCUT2D eigenvalue weighted by atomic mass is 9.33. The minimum Gasteiger partial charge on any atom is -0.479 e. The SMILES string of the molecule is CC(=O)OC1C(OC(C)=O)[C@H]([C@H](O)C[C@]23CCC(C)(C)CC2C2=CCC4[C@@]5(C)CCC(=O)C(C)(C)C5CC[C@@]4(C)[C@]2(C)CC3)OC(C(=O)O)[C@H]1OC(C)=O. The third kappa shape index (κ3) is 6.45. The Hall–Kier alpha value is -2.79. The van der Waals surface area contributed by atoms with Crippen molar-refractivity contribution in [2.45, 2.75) is 176 Å². The Morgan fingerprint density at radius 3 is 2.02 bits per heavy atom. The van der Waals surface area contributed by atoms with Crippen LogP contribution < -0.4 is 0 Å². The Morgan fingerprint density at radius 1 is 0.815 bits per heavy atom. The van der Waals surface area contributed by atoms with Gasteiger partial charge in [-0.2, -0.15) is 0 Å². The highest BCUT2D eigenvalue weighted by atomic mass is 16.7. The second-order valence-electron chi connectivity index (χ2n) is 20.1. The van der Waals surface area contributed by atoms with Crippen molar-refractivity contribution in [1.82, 2.24) is 0 Å². The monoisotopic (exact) mass is 756 g/mol. The minimum absolute atomic E-state index is 0.0236. The Kier molecular flexibility index (Phi) is 10.4. The highest BCUT2D eigenvalue weighted by Gasteiger charge is 2.69. The molecule has 6 rings (SSSR count). The first kappa shape index (κ1) is 40.9. The zero-order valence-corrected chi connectivity index (χ0v) is 34.1. The van der Waals surface area contributed by atoms with E-state index in [4.69, 9.17) is 18.9 Å². The average molecular weight is 757 g/mol. The molecular weight excluding hydrogens is 692 g/mol. The molecule has 0 radical (unpaired) electrons. The van der Waals surface area contributed by atoms with Crippen LogP contribution in [0, 0.1) is 50.2 Å². The molecule has 0 spiro atoms. The summed E-state index contributed by atoms with van der Waals surface area (Å²) < 4.78 is 22.6. The highest BCUT2D eigenvalue weighted by molar-refractivity contribution is 5.85. The summed E-state index contributed by atoms with van der Waals surface area (Å²) in [6, 6.07) is 0. The lowest BCUT2D eigenvalue weighted by molar-refractivity contribution is -0.263. The molecule has 1 aliphatic heterocycles. The van der Waals surface area contributed by atoms with E-state index >= 15 is 0 Å². The van der Waals surface area contributed by atoms with Crippen LogP contribution in [0.5, 0.6) is 0 Å². The molecule has 0 bridgehead atoms. The van der Waals surface area contributed by atoms with Gasteiger partial charge in [0.2, 0.25) is 0 Å². The number of hydrogen-bond donors (Lipinski definition) is 2. The fourth-order valence-corrected chi connectivity index (χ4v) is 13.4. The number of esters is 3.